The van der Waals surface area contributed by atoms with E-state index in [1.165, 1.54) is 12.1 Å². The molecule has 0 unspecified atom stereocenters. The van der Waals surface area contributed by atoms with Gasteiger partial charge in [-0.15, -0.1) is 0 Å². The number of hydrogen-bond donors (Lipinski definition) is 1. The average molecular weight is 249 g/mol. The van der Waals surface area contributed by atoms with Crippen molar-refractivity contribution < 1.29 is 9.72 Å². The Morgan fingerprint density at radius 3 is 2.61 bits per heavy atom. The van der Waals surface area contributed by atoms with Gasteiger partial charge in [0.25, 0.3) is 11.6 Å². The van der Waals surface area contributed by atoms with Crippen LogP contribution in [0.1, 0.15) is 28.8 Å². The van der Waals surface area contributed by atoms with Gasteiger partial charge >= 0.3 is 0 Å². The molecule has 1 saturated carbocycles. The lowest BCUT2D eigenvalue weighted by molar-refractivity contribution is -0.383. The van der Waals surface area contributed by atoms with Gasteiger partial charge in [0.2, 0.25) is 0 Å². The Hall–Kier alpha value is -2.11. The van der Waals surface area contributed by atoms with E-state index in [1.807, 2.05) is 0 Å². The monoisotopic (exact) mass is 249 g/mol. The van der Waals surface area contributed by atoms with Gasteiger partial charge in [0.1, 0.15) is 5.69 Å². The summed E-state index contributed by atoms with van der Waals surface area (Å²) >= 11 is 0. The van der Waals surface area contributed by atoms with Gasteiger partial charge in [0, 0.05) is 24.7 Å². The summed E-state index contributed by atoms with van der Waals surface area (Å²) in [6, 6.07) is 3.02. The van der Waals surface area contributed by atoms with Gasteiger partial charge in [0.05, 0.1) is 4.92 Å². The highest BCUT2D eigenvalue weighted by molar-refractivity contribution is 5.97. The van der Waals surface area contributed by atoms with Crippen LogP contribution < -0.4 is 5.73 Å². The summed E-state index contributed by atoms with van der Waals surface area (Å²) in [7, 11) is 1.72. The largest absolute Gasteiger partial charge is 0.393 e. The maximum absolute atomic E-state index is 12.2. The van der Waals surface area contributed by atoms with E-state index in [1.54, 1.807) is 18.9 Å². The van der Waals surface area contributed by atoms with Gasteiger partial charge in [-0.1, -0.05) is 0 Å². The quantitative estimate of drug-likeness (QED) is 0.501. The third kappa shape index (κ3) is 2.13. The zero-order chi connectivity index (χ0) is 13.4. The highest BCUT2D eigenvalue weighted by Crippen LogP contribution is 2.30. The van der Waals surface area contributed by atoms with Crippen LogP contribution >= 0.6 is 0 Å². The van der Waals surface area contributed by atoms with Crippen molar-refractivity contribution in [3.63, 3.8) is 0 Å². The molecule has 18 heavy (non-hydrogen) atoms. The fourth-order valence-electron chi connectivity index (χ4n) is 1.93. The van der Waals surface area contributed by atoms with Gasteiger partial charge < -0.3 is 10.6 Å². The highest BCUT2D eigenvalue weighted by atomic mass is 16.6. The molecular weight excluding hydrogens is 234 g/mol. The molecule has 96 valence electrons. The molecule has 0 heterocycles. The van der Waals surface area contributed by atoms with E-state index in [0.29, 0.717) is 11.1 Å². The third-order valence-corrected chi connectivity index (χ3v) is 3.22. The fourth-order valence-corrected chi connectivity index (χ4v) is 1.93. The number of nitro benzene ring substituents is 1. The summed E-state index contributed by atoms with van der Waals surface area (Å²) in [4.78, 5) is 24.1. The van der Waals surface area contributed by atoms with E-state index < -0.39 is 4.92 Å². The van der Waals surface area contributed by atoms with Crippen LogP contribution in [-0.4, -0.2) is 28.8 Å². The summed E-state index contributed by atoms with van der Waals surface area (Å²) in [5, 5.41) is 10.8. The Balaban J connectivity index is 2.40. The number of amides is 1. The summed E-state index contributed by atoms with van der Waals surface area (Å²) < 4.78 is 0. The summed E-state index contributed by atoms with van der Waals surface area (Å²) in [6.45, 7) is 1.73. The SMILES string of the molecule is Cc1cc(N)c([N+](=O)[O-])cc1C(=O)N(C)C1CC1. The number of nitrogen functional groups attached to an aromatic ring is 1. The normalized spacial score (nSPS) is 14.3. The minimum absolute atomic E-state index is 0.0862. The molecule has 0 aliphatic heterocycles. The van der Waals surface area contributed by atoms with Crippen molar-refractivity contribution >= 4 is 17.3 Å². The van der Waals surface area contributed by atoms with Gasteiger partial charge in [-0.05, 0) is 31.4 Å². The number of carbonyl (C=O) groups is 1. The van der Waals surface area contributed by atoms with E-state index in [9.17, 15) is 14.9 Å². The number of nitro groups is 1. The molecule has 6 heteroatoms. The number of nitrogens with two attached hydrogens (primary N) is 1. The molecule has 2 N–H and O–H groups in total. The first kappa shape index (κ1) is 12.3. The van der Waals surface area contributed by atoms with Gasteiger partial charge in [-0.25, -0.2) is 0 Å². The predicted octanol–water partition coefficient (Wildman–Crippen LogP) is 1.72. The Kier molecular flexibility index (Phi) is 2.94. The molecule has 0 aromatic heterocycles. The molecule has 1 aliphatic carbocycles. The Morgan fingerprint density at radius 1 is 1.50 bits per heavy atom. The number of benzene rings is 1. The molecule has 1 aromatic rings. The van der Waals surface area contributed by atoms with Gasteiger partial charge in [-0.3, -0.25) is 14.9 Å². The van der Waals surface area contributed by atoms with Crippen LogP contribution in [0.4, 0.5) is 11.4 Å². The van der Waals surface area contributed by atoms with Crippen LogP contribution in [0.2, 0.25) is 0 Å². The number of nitrogens with zero attached hydrogens (tertiary/aromatic N) is 2. The van der Waals surface area contributed by atoms with E-state index in [4.69, 9.17) is 5.73 Å². The number of hydrogen-bond acceptors (Lipinski definition) is 4. The van der Waals surface area contributed by atoms with Crippen molar-refractivity contribution in [2.24, 2.45) is 0 Å². The fraction of sp³-hybridized carbons (Fsp3) is 0.417. The zero-order valence-corrected chi connectivity index (χ0v) is 10.3. The zero-order valence-electron chi connectivity index (χ0n) is 10.3. The van der Waals surface area contributed by atoms with Crippen molar-refractivity contribution in [3.05, 3.63) is 33.4 Å². The number of rotatable bonds is 3. The number of anilines is 1. The van der Waals surface area contributed by atoms with Crippen LogP contribution in [0, 0.1) is 17.0 Å². The maximum Gasteiger partial charge on any atom is 0.292 e. The molecule has 1 fully saturated rings. The molecule has 1 aromatic carbocycles. The molecule has 0 atom stereocenters. The second-order valence-corrected chi connectivity index (χ2v) is 4.63. The van der Waals surface area contributed by atoms with Crippen LogP contribution in [0.25, 0.3) is 0 Å². The van der Waals surface area contributed by atoms with Crippen molar-refractivity contribution in [3.8, 4) is 0 Å². The smallest absolute Gasteiger partial charge is 0.292 e. The number of carbonyl (C=O) groups excluding carboxylic acids is 1. The predicted molar refractivity (Wildman–Crippen MR) is 67.4 cm³/mol. The second kappa shape index (κ2) is 4.29. The first-order valence-electron chi connectivity index (χ1n) is 5.73. The van der Waals surface area contributed by atoms with Crippen molar-refractivity contribution in [1.82, 2.24) is 4.90 Å². The summed E-state index contributed by atoms with van der Waals surface area (Å²) in [6.07, 6.45) is 2.00. The van der Waals surface area contributed by atoms with Crippen LogP contribution in [0.3, 0.4) is 0 Å². The Morgan fingerprint density at radius 2 is 2.11 bits per heavy atom. The average Bonchev–Trinajstić information content (AvgIpc) is 3.10. The van der Waals surface area contributed by atoms with E-state index in [2.05, 4.69) is 0 Å². The van der Waals surface area contributed by atoms with Crippen molar-refractivity contribution in [2.45, 2.75) is 25.8 Å². The molecule has 2 rings (SSSR count). The molecule has 1 aliphatic rings. The minimum atomic E-state index is -0.567. The topological polar surface area (TPSA) is 89.5 Å². The van der Waals surface area contributed by atoms with E-state index in [-0.39, 0.29) is 23.3 Å². The van der Waals surface area contributed by atoms with Crippen LogP contribution in [-0.2, 0) is 0 Å². The first-order valence-corrected chi connectivity index (χ1v) is 5.73. The van der Waals surface area contributed by atoms with Crippen LogP contribution in [0.15, 0.2) is 12.1 Å². The number of aryl methyl sites for hydroxylation is 1. The lowest BCUT2D eigenvalue weighted by Crippen LogP contribution is -2.29. The first-order chi connectivity index (χ1) is 8.41. The highest BCUT2D eigenvalue weighted by Gasteiger charge is 2.31. The van der Waals surface area contributed by atoms with E-state index in [0.717, 1.165) is 12.8 Å². The lowest BCUT2D eigenvalue weighted by Gasteiger charge is -2.17. The van der Waals surface area contributed by atoms with Crippen molar-refractivity contribution in [1.29, 1.82) is 0 Å². The maximum atomic E-state index is 12.2. The summed E-state index contributed by atoms with van der Waals surface area (Å²) in [5.41, 5.74) is 6.46. The molecule has 0 saturated heterocycles. The molecule has 0 radical (unpaired) electrons. The van der Waals surface area contributed by atoms with Gasteiger partial charge in [0.15, 0.2) is 0 Å². The molecule has 1 amide bonds. The molecular formula is C12H15N3O3. The standard InChI is InChI=1S/C12H15N3O3/c1-7-5-10(13)11(15(17)18)6-9(7)12(16)14(2)8-3-4-8/h5-6,8H,3-4,13H2,1-2H3. The van der Waals surface area contributed by atoms with Crippen molar-refractivity contribution in [2.75, 3.05) is 12.8 Å². The lowest BCUT2D eigenvalue weighted by atomic mass is 10.1. The Bertz CT molecular complexity index is 524. The van der Waals surface area contributed by atoms with E-state index >= 15 is 0 Å². The molecule has 6 nitrogen and oxygen atoms in total. The molecule has 0 spiro atoms. The van der Waals surface area contributed by atoms with Crippen LogP contribution in [0.5, 0.6) is 0 Å². The summed E-state index contributed by atoms with van der Waals surface area (Å²) in [5.74, 6) is -0.182. The second-order valence-electron chi connectivity index (χ2n) is 4.63. The molecule has 0 bridgehead atoms. The third-order valence-electron chi connectivity index (χ3n) is 3.22. The minimum Gasteiger partial charge on any atom is -0.393 e. The van der Waals surface area contributed by atoms with Gasteiger partial charge in [-0.2, -0.15) is 0 Å². The Labute approximate surface area is 105 Å².